The fraction of sp³-hybridized carbons (Fsp3) is 0.462. The van der Waals surface area contributed by atoms with Crippen LogP contribution in [-0.2, 0) is 6.42 Å². The number of anilines is 1. The van der Waals surface area contributed by atoms with E-state index in [1.807, 2.05) is 20.8 Å². The minimum Gasteiger partial charge on any atom is -0.303 e. The van der Waals surface area contributed by atoms with Gasteiger partial charge < -0.3 is 5.32 Å². The lowest BCUT2D eigenvalue weighted by atomic mass is 10.1. The zero-order valence-corrected chi connectivity index (χ0v) is 12.6. The fourth-order valence-corrected chi connectivity index (χ4v) is 2.02. The summed E-state index contributed by atoms with van der Waals surface area (Å²) in [6, 6.07) is 1.69. The Morgan fingerprint density at radius 3 is 2.68 bits per heavy atom. The first-order valence-electron chi connectivity index (χ1n) is 7.02. The predicted octanol–water partition coefficient (Wildman–Crippen LogP) is 2.37. The monoisotopic (exact) mass is 306 g/mol. The van der Waals surface area contributed by atoms with Gasteiger partial charge in [-0.25, -0.2) is 0 Å². The largest absolute Gasteiger partial charge is 0.322 e. The van der Waals surface area contributed by atoms with Crippen LogP contribution in [0.2, 0.25) is 0 Å². The van der Waals surface area contributed by atoms with Crippen LogP contribution in [0.15, 0.2) is 6.07 Å². The van der Waals surface area contributed by atoms with Crippen molar-refractivity contribution in [3.63, 3.8) is 0 Å². The molecular weight excluding hydrogens is 288 g/mol. The molecule has 0 saturated carbocycles. The molecule has 0 aliphatic carbocycles. The van der Waals surface area contributed by atoms with Crippen molar-refractivity contribution < 1.29 is 9.72 Å². The minimum atomic E-state index is -0.660. The van der Waals surface area contributed by atoms with E-state index in [1.54, 1.807) is 6.07 Å². The van der Waals surface area contributed by atoms with Gasteiger partial charge in [-0.15, -0.1) is 0 Å². The van der Waals surface area contributed by atoms with Gasteiger partial charge in [-0.05, 0) is 12.3 Å². The Labute approximate surface area is 126 Å². The molecule has 0 aliphatic rings. The van der Waals surface area contributed by atoms with Crippen LogP contribution >= 0.6 is 0 Å². The molecule has 2 heterocycles. The Bertz CT molecular complexity index is 688. The van der Waals surface area contributed by atoms with Gasteiger partial charge in [-0.2, -0.15) is 10.2 Å². The van der Waals surface area contributed by atoms with Gasteiger partial charge in [0.1, 0.15) is 5.69 Å². The first-order valence-corrected chi connectivity index (χ1v) is 7.02. The van der Waals surface area contributed by atoms with Crippen LogP contribution < -0.4 is 5.32 Å². The summed E-state index contributed by atoms with van der Waals surface area (Å²) in [5.41, 5.74) is 0.697. The van der Waals surface area contributed by atoms with Crippen molar-refractivity contribution in [1.29, 1.82) is 0 Å². The van der Waals surface area contributed by atoms with Crippen molar-refractivity contribution in [2.75, 3.05) is 5.32 Å². The summed E-state index contributed by atoms with van der Waals surface area (Å²) in [4.78, 5) is 22.8. The van der Waals surface area contributed by atoms with Crippen molar-refractivity contribution in [3.8, 4) is 0 Å². The Balaban J connectivity index is 2.23. The molecule has 0 aromatic carbocycles. The van der Waals surface area contributed by atoms with E-state index in [0.717, 1.165) is 5.69 Å². The number of aromatic nitrogens is 4. The standard InChI is InChI=1S/C13H18N6O3/c1-4-5-8-12(19(21)22)11(18-15-8)13(20)14-10-6-9(7(2)3)16-17-10/h6-7H,4-5H2,1-3H3,(H,15,18)(H2,14,16,17,20). The molecule has 2 aromatic rings. The van der Waals surface area contributed by atoms with Crippen molar-refractivity contribution in [2.45, 2.75) is 39.5 Å². The average molecular weight is 306 g/mol. The highest BCUT2D eigenvalue weighted by molar-refractivity contribution is 6.05. The van der Waals surface area contributed by atoms with E-state index in [9.17, 15) is 14.9 Å². The second kappa shape index (κ2) is 6.37. The number of hydrogen-bond donors (Lipinski definition) is 3. The van der Waals surface area contributed by atoms with Crippen LogP contribution in [0.4, 0.5) is 11.5 Å². The van der Waals surface area contributed by atoms with Gasteiger partial charge in [-0.3, -0.25) is 25.1 Å². The average Bonchev–Trinajstić information content (AvgIpc) is 3.05. The van der Waals surface area contributed by atoms with E-state index in [4.69, 9.17) is 0 Å². The van der Waals surface area contributed by atoms with Crippen molar-refractivity contribution >= 4 is 17.4 Å². The first-order chi connectivity index (χ1) is 10.4. The smallest absolute Gasteiger partial charge is 0.303 e. The number of aryl methyl sites for hydroxylation is 1. The number of aromatic amines is 2. The summed E-state index contributed by atoms with van der Waals surface area (Å²) in [5, 5.41) is 26.8. The van der Waals surface area contributed by atoms with E-state index in [2.05, 4.69) is 25.7 Å². The van der Waals surface area contributed by atoms with Crippen LogP contribution in [-0.4, -0.2) is 31.2 Å². The molecule has 3 N–H and O–H groups in total. The molecule has 0 bridgehead atoms. The third kappa shape index (κ3) is 3.13. The molecule has 1 amide bonds. The summed E-state index contributed by atoms with van der Waals surface area (Å²) < 4.78 is 0. The molecule has 9 heteroatoms. The highest BCUT2D eigenvalue weighted by Gasteiger charge is 2.29. The van der Waals surface area contributed by atoms with E-state index >= 15 is 0 Å². The third-order valence-corrected chi connectivity index (χ3v) is 3.17. The molecule has 2 aromatic heterocycles. The molecule has 0 radical (unpaired) electrons. The normalized spacial score (nSPS) is 10.9. The summed E-state index contributed by atoms with van der Waals surface area (Å²) >= 11 is 0. The van der Waals surface area contributed by atoms with E-state index in [0.29, 0.717) is 24.4 Å². The molecule has 9 nitrogen and oxygen atoms in total. The van der Waals surface area contributed by atoms with Gasteiger partial charge in [0.2, 0.25) is 5.69 Å². The lowest BCUT2D eigenvalue weighted by Crippen LogP contribution is -2.14. The number of carbonyl (C=O) groups is 1. The molecule has 0 unspecified atom stereocenters. The molecule has 118 valence electrons. The number of nitrogens with zero attached hydrogens (tertiary/aromatic N) is 3. The van der Waals surface area contributed by atoms with Crippen LogP contribution in [0.3, 0.4) is 0 Å². The van der Waals surface area contributed by atoms with Gasteiger partial charge in [0.25, 0.3) is 5.91 Å². The van der Waals surface area contributed by atoms with Gasteiger partial charge in [0.15, 0.2) is 5.82 Å². The number of nitro groups is 1. The Morgan fingerprint density at radius 2 is 2.14 bits per heavy atom. The summed E-state index contributed by atoms with van der Waals surface area (Å²) in [6.07, 6.45) is 1.16. The highest BCUT2D eigenvalue weighted by atomic mass is 16.6. The van der Waals surface area contributed by atoms with Gasteiger partial charge >= 0.3 is 5.69 Å². The quantitative estimate of drug-likeness (QED) is 0.557. The molecule has 0 atom stereocenters. The molecule has 22 heavy (non-hydrogen) atoms. The minimum absolute atomic E-state index is 0.231. The molecule has 0 fully saturated rings. The lowest BCUT2D eigenvalue weighted by molar-refractivity contribution is -0.385. The molecular formula is C13H18N6O3. The number of rotatable bonds is 6. The summed E-state index contributed by atoms with van der Waals surface area (Å²) in [6.45, 7) is 5.85. The Kier molecular flexibility index (Phi) is 4.54. The zero-order chi connectivity index (χ0) is 16.3. The van der Waals surface area contributed by atoms with Crippen molar-refractivity contribution in [3.05, 3.63) is 33.3 Å². The number of nitrogens with one attached hydrogen (secondary N) is 3. The maximum absolute atomic E-state index is 12.2. The van der Waals surface area contributed by atoms with Crippen LogP contribution in [0, 0.1) is 10.1 Å². The number of H-pyrrole nitrogens is 2. The Morgan fingerprint density at radius 1 is 1.41 bits per heavy atom. The molecule has 2 rings (SSSR count). The topological polar surface area (TPSA) is 130 Å². The van der Waals surface area contributed by atoms with Crippen LogP contribution in [0.5, 0.6) is 0 Å². The van der Waals surface area contributed by atoms with Crippen molar-refractivity contribution in [2.24, 2.45) is 0 Å². The number of hydrogen-bond acceptors (Lipinski definition) is 5. The maximum atomic E-state index is 12.2. The lowest BCUT2D eigenvalue weighted by Gasteiger charge is -1.99. The second-order valence-electron chi connectivity index (χ2n) is 5.22. The molecule has 0 aliphatic heterocycles. The second-order valence-corrected chi connectivity index (χ2v) is 5.22. The van der Waals surface area contributed by atoms with E-state index in [1.165, 1.54) is 0 Å². The first kappa shape index (κ1) is 15.7. The van der Waals surface area contributed by atoms with Gasteiger partial charge in [0, 0.05) is 11.8 Å². The van der Waals surface area contributed by atoms with Gasteiger partial charge in [-0.1, -0.05) is 27.2 Å². The zero-order valence-electron chi connectivity index (χ0n) is 12.6. The fourth-order valence-electron chi connectivity index (χ4n) is 2.02. The van der Waals surface area contributed by atoms with Crippen LogP contribution in [0.25, 0.3) is 0 Å². The SMILES string of the molecule is CCCc1[nH]nc(C(=O)Nc2cc(C(C)C)[nH]n2)c1[N+](=O)[O-]. The van der Waals surface area contributed by atoms with Crippen LogP contribution in [0.1, 0.15) is 55.0 Å². The predicted molar refractivity (Wildman–Crippen MR) is 79.9 cm³/mol. The summed E-state index contributed by atoms with van der Waals surface area (Å²) in [7, 11) is 0. The highest BCUT2D eigenvalue weighted by Crippen LogP contribution is 2.23. The number of carbonyl (C=O) groups excluding carboxylic acids is 1. The molecule has 0 spiro atoms. The van der Waals surface area contributed by atoms with Crippen molar-refractivity contribution in [1.82, 2.24) is 20.4 Å². The Hall–Kier alpha value is -2.71. The third-order valence-electron chi connectivity index (χ3n) is 3.17. The number of amides is 1. The molecule has 0 saturated heterocycles. The van der Waals surface area contributed by atoms with E-state index in [-0.39, 0.29) is 17.3 Å². The van der Waals surface area contributed by atoms with Gasteiger partial charge in [0.05, 0.1) is 4.92 Å². The van der Waals surface area contributed by atoms with E-state index < -0.39 is 10.8 Å². The summed E-state index contributed by atoms with van der Waals surface area (Å²) in [5.74, 6) is -0.121. The maximum Gasteiger partial charge on any atom is 0.322 e.